The van der Waals surface area contributed by atoms with Gasteiger partial charge in [-0.1, -0.05) is 11.6 Å². The van der Waals surface area contributed by atoms with E-state index in [1.54, 1.807) is 7.05 Å². The van der Waals surface area contributed by atoms with Gasteiger partial charge in [-0.05, 0) is 26.1 Å². The zero-order chi connectivity index (χ0) is 13.7. The van der Waals surface area contributed by atoms with Crippen molar-refractivity contribution in [1.29, 1.82) is 0 Å². The van der Waals surface area contributed by atoms with Crippen LogP contribution < -0.4 is 5.32 Å². The first-order valence-electron chi connectivity index (χ1n) is 5.42. The first-order valence-corrected chi connectivity index (χ1v) is 5.79. The number of halogens is 1. The Morgan fingerprint density at radius 3 is 2.72 bits per heavy atom. The average molecular weight is 275 g/mol. The molecule has 7 heteroatoms. The second kappa shape index (κ2) is 6.65. The molecule has 0 aliphatic carbocycles. The van der Waals surface area contributed by atoms with E-state index in [-0.39, 0.29) is 16.3 Å². The quantitative estimate of drug-likeness (QED) is 0.536. The number of benzene rings is 1. The van der Waals surface area contributed by atoms with Crippen LogP contribution in [0.25, 0.3) is 0 Å². The fraction of sp³-hybridized carbons (Fsp3) is 0.455. The number of nitrogens with one attached hydrogen (secondary N) is 1. The van der Waals surface area contributed by atoms with Crippen molar-refractivity contribution in [3.63, 3.8) is 0 Å². The van der Waals surface area contributed by atoms with Crippen molar-refractivity contribution in [2.75, 3.05) is 13.6 Å². The van der Waals surface area contributed by atoms with E-state index in [0.717, 1.165) is 0 Å². The van der Waals surface area contributed by atoms with Crippen LogP contribution in [0.15, 0.2) is 18.2 Å². The lowest BCUT2D eigenvalue weighted by Gasteiger charge is -2.18. The molecule has 0 saturated carbocycles. The van der Waals surface area contributed by atoms with Gasteiger partial charge in [-0.25, -0.2) is 0 Å². The molecule has 3 N–H and O–H groups in total. The van der Waals surface area contributed by atoms with Gasteiger partial charge in [-0.3, -0.25) is 10.1 Å². The van der Waals surface area contributed by atoms with Crippen LogP contribution in [-0.4, -0.2) is 34.8 Å². The predicted molar refractivity (Wildman–Crippen MR) is 67.6 cm³/mol. The van der Waals surface area contributed by atoms with Crippen molar-refractivity contribution in [3.8, 4) is 0 Å². The van der Waals surface area contributed by atoms with E-state index < -0.39 is 17.1 Å². The maximum absolute atomic E-state index is 10.6. The highest BCUT2D eigenvalue weighted by Gasteiger charge is 2.22. The van der Waals surface area contributed by atoms with Gasteiger partial charge in [-0.15, -0.1) is 0 Å². The molecule has 18 heavy (non-hydrogen) atoms. The molecule has 2 unspecified atom stereocenters. The van der Waals surface area contributed by atoms with Gasteiger partial charge in [0, 0.05) is 22.7 Å². The normalized spacial score (nSPS) is 14.2. The minimum atomic E-state index is -1.24. The Labute approximate surface area is 109 Å². The number of aliphatic hydroxyl groups is 2. The second-order valence-corrected chi connectivity index (χ2v) is 4.27. The number of hydrogen-bond donors (Lipinski definition) is 3. The maximum atomic E-state index is 10.6. The first kappa shape index (κ1) is 14.8. The summed E-state index contributed by atoms with van der Waals surface area (Å²) in [6.45, 7) is 0.519. The standard InChI is InChI=1S/C11H15ClN2O4/c1-13-5-4-10(15)11(16)8-6-7(14(17)18)2-3-9(8)12/h2-3,6,10-11,13,15-16H,4-5H2,1H3. The third-order valence-corrected chi connectivity index (χ3v) is 2.91. The van der Waals surface area contributed by atoms with Crippen LogP contribution in [0.2, 0.25) is 5.02 Å². The van der Waals surface area contributed by atoms with Gasteiger partial charge in [0.15, 0.2) is 0 Å². The Morgan fingerprint density at radius 2 is 2.17 bits per heavy atom. The number of nitro groups is 1. The summed E-state index contributed by atoms with van der Waals surface area (Å²) in [4.78, 5) is 10.1. The average Bonchev–Trinajstić information content (AvgIpc) is 2.35. The first-order chi connectivity index (χ1) is 8.47. The molecule has 1 aromatic carbocycles. The minimum absolute atomic E-state index is 0.162. The summed E-state index contributed by atoms with van der Waals surface area (Å²) in [6.07, 6.45) is -1.96. The summed E-state index contributed by atoms with van der Waals surface area (Å²) in [5.41, 5.74) is -0.0104. The minimum Gasteiger partial charge on any atom is -0.390 e. The number of aliphatic hydroxyl groups excluding tert-OH is 2. The molecule has 0 heterocycles. The van der Waals surface area contributed by atoms with E-state index in [1.165, 1.54) is 18.2 Å². The molecule has 2 atom stereocenters. The molecule has 0 radical (unpaired) electrons. The van der Waals surface area contributed by atoms with E-state index in [1.807, 2.05) is 0 Å². The highest BCUT2D eigenvalue weighted by Crippen LogP contribution is 2.29. The molecule has 0 aliphatic heterocycles. The molecular weight excluding hydrogens is 260 g/mol. The van der Waals surface area contributed by atoms with Crippen LogP contribution in [0, 0.1) is 10.1 Å². The van der Waals surface area contributed by atoms with Gasteiger partial charge in [0.1, 0.15) is 6.10 Å². The molecule has 1 aromatic rings. The fourth-order valence-corrected chi connectivity index (χ4v) is 1.76. The van der Waals surface area contributed by atoms with Crippen molar-refractivity contribution >= 4 is 17.3 Å². The lowest BCUT2D eigenvalue weighted by molar-refractivity contribution is -0.385. The molecule has 0 aliphatic rings. The summed E-state index contributed by atoms with van der Waals surface area (Å²) in [7, 11) is 1.72. The van der Waals surface area contributed by atoms with Crippen molar-refractivity contribution < 1.29 is 15.1 Å². The molecular formula is C11H15ClN2O4. The third kappa shape index (κ3) is 3.64. The number of hydrogen-bond acceptors (Lipinski definition) is 5. The molecule has 0 amide bonds. The Hall–Kier alpha value is -1.21. The third-order valence-electron chi connectivity index (χ3n) is 2.56. The van der Waals surface area contributed by atoms with Gasteiger partial charge in [0.25, 0.3) is 5.69 Å². The lowest BCUT2D eigenvalue weighted by Crippen LogP contribution is -2.23. The second-order valence-electron chi connectivity index (χ2n) is 3.87. The Kier molecular flexibility index (Phi) is 5.49. The highest BCUT2D eigenvalue weighted by molar-refractivity contribution is 6.31. The molecule has 1 rings (SSSR count). The molecule has 100 valence electrons. The van der Waals surface area contributed by atoms with E-state index in [2.05, 4.69) is 5.32 Å². The molecule has 0 spiro atoms. The van der Waals surface area contributed by atoms with Gasteiger partial charge in [0.2, 0.25) is 0 Å². The molecule has 6 nitrogen and oxygen atoms in total. The summed E-state index contributed by atoms with van der Waals surface area (Å²) in [5.74, 6) is 0. The van der Waals surface area contributed by atoms with Crippen molar-refractivity contribution in [3.05, 3.63) is 38.9 Å². The van der Waals surface area contributed by atoms with Crippen LogP contribution in [0.4, 0.5) is 5.69 Å². The van der Waals surface area contributed by atoms with Crippen LogP contribution in [0.3, 0.4) is 0 Å². The highest BCUT2D eigenvalue weighted by atomic mass is 35.5. The Balaban J connectivity index is 2.93. The predicted octanol–water partition coefficient (Wildman–Crippen LogP) is 1.25. The maximum Gasteiger partial charge on any atom is 0.269 e. The largest absolute Gasteiger partial charge is 0.390 e. The number of nitrogens with zero attached hydrogens (tertiary/aromatic N) is 1. The summed E-state index contributed by atoms with van der Waals surface area (Å²) in [5, 5.41) is 33.3. The van der Waals surface area contributed by atoms with E-state index >= 15 is 0 Å². The van der Waals surface area contributed by atoms with Gasteiger partial charge in [0.05, 0.1) is 11.0 Å². The van der Waals surface area contributed by atoms with E-state index in [9.17, 15) is 20.3 Å². The SMILES string of the molecule is CNCCC(O)C(O)c1cc([N+](=O)[O-])ccc1Cl. The Morgan fingerprint density at radius 1 is 1.50 bits per heavy atom. The number of non-ortho nitro benzene ring substituents is 1. The van der Waals surface area contributed by atoms with Gasteiger partial charge < -0.3 is 15.5 Å². The van der Waals surface area contributed by atoms with Gasteiger partial charge >= 0.3 is 0 Å². The van der Waals surface area contributed by atoms with Crippen LogP contribution in [-0.2, 0) is 0 Å². The smallest absolute Gasteiger partial charge is 0.269 e. The van der Waals surface area contributed by atoms with Gasteiger partial charge in [-0.2, -0.15) is 0 Å². The number of rotatable bonds is 6. The van der Waals surface area contributed by atoms with Crippen LogP contribution >= 0.6 is 11.6 Å². The zero-order valence-corrected chi connectivity index (χ0v) is 10.6. The number of nitro benzene ring substituents is 1. The molecule has 0 fully saturated rings. The van der Waals surface area contributed by atoms with Crippen molar-refractivity contribution in [2.45, 2.75) is 18.6 Å². The fourth-order valence-electron chi connectivity index (χ4n) is 1.53. The summed E-state index contributed by atoms with van der Waals surface area (Å²) in [6, 6.07) is 3.76. The molecule has 0 aromatic heterocycles. The topological polar surface area (TPSA) is 95.6 Å². The monoisotopic (exact) mass is 274 g/mol. The van der Waals surface area contributed by atoms with Crippen molar-refractivity contribution in [2.24, 2.45) is 0 Å². The van der Waals surface area contributed by atoms with Crippen LogP contribution in [0.5, 0.6) is 0 Å². The van der Waals surface area contributed by atoms with E-state index in [0.29, 0.717) is 13.0 Å². The molecule has 0 saturated heterocycles. The Bertz CT molecular complexity index is 428. The zero-order valence-electron chi connectivity index (χ0n) is 9.84. The summed E-state index contributed by atoms with van der Waals surface area (Å²) < 4.78 is 0. The van der Waals surface area contributed by atoms with Crippen LogP contribution in [0.1, 0.15) is 18.1 Å². The molecule has 0 bridgehead atoms. The van der Waals surface area contributed by atoms with E-state index in [4.69, 9.17) is 11.6 Å². The summed E-state index contributed by atoms with van der Waals surface area (Å²) >= 11 is 5.86. The van der Waals surface area contributed by atoms with Crippen molar-refractivity contribution in [1.82, 2.24) is 5.32 Å². The lowest BCUT2D eigenvalue weighted by atomic mass is 10.0.